The van der Waals surface area contributed by atoms with Gasteiger partial charge in [-0.15, -0.1) is 0 Å². The van der Waals surface area contributed by atoms with Gasteiger partial charge in [0.1, 0.15) is 23.6 Å². The van der Waals surface area contributed by atoms with Crippen molar-refractivity contribution in [3.63, 3.8) is 0 Å². The molecule has 3 unspecified atom stereocenters. The summed E-state index contributed by atoms with van der Waals surface area (Å²) >= 11 is 0. The average Bonchev–Trinajstić information content (AvgIpc) is 3.21. The summed E-state index contributed by atoms with van der Waals surface area (Å²) < 4.78 is 28.1. The molecule has 4 amide bonds. The highest BCUT2D eigenvalue weighted by atomic mass is 19.1. The van der Waals surface area contributed by atoms with Crippen LogP contribution in [0.2, 0.25) is 0 Å². The first-order valence-corrected chi connectivity index (χ1v) is 21.2. The normalized spacial score (nSPS) is 16.5. The van der Waals surface area contributed by atoms with Crippen molar-refractivity contribution >= 4 is 52.2 Å². The maximum absolute atomic E-state index is 15.4. The summed E-state index contributed by atoms with van der Waals surface area (Å²) in [5.41, 5.74) is 0.167. The van der Waals surface area contributed by atoms with E-state index in [0.717, 1.165) is 6.07 Å². The molecule has 16 heteroatoms. The molecule has 3 heterocycles. The van der Waals surface area contributed by atoms with Crippen LogP contribution in [0.4, 0.5) is 25.4 Å². The number of aryl methyl sites for hydroxylation is 1. The third-order valence-corrected chi connectivity index (χ3v) is 11.8. The van der Waals surface area contributed by atoms with E-state index >= 15 is 4.39 Å². The number of ether oxygens (including phenoxy) is 2. The maximum Gasteiger partial charge on any atom is 0.410 e. The van der Waals surface area contributed by atoms with E-state index in [1.165, 1.54) is 11.1 Å². The first-order chi connectivity index (χ1) is 28.8. The number of aromatic carboxylic acids is 1. The number of pyridine rings is 1. The van der Waals surface area contributed by atoms with E-state index in [0.29, 0.717) is 68.8 Å². The molecule has 0 bridgehead atoms. The Kier molecular flexibility index (Phi) is 15.1. The van der Waals surface area contributed by atoms with E-state index in [-0.39, 0.29) is 66.4 Å². The fraction of sp³-hybridized carbons (Fsp3) is 0.556. The van der Waals surface area contributed by atoms with Gasteiger partial charge < -0.3 is 44.5 Å². The number of nitrogens with one attached hydrogen (secondary N) is 2. The zero-order chi connectivity index (χ0) is 44.8. The summed E-state index contributed by atoms with van der Waals surface area (Å²) in [6.45, 7) is 17.6. The molecule has 15 nitrogen and oxygen atoms in total. The average molecular weight is 849 g/mol. The van der Waals surface area contributed by atoms with Crippen molar-refractivity contribution in [3.05, 3.63) is 69.8 Å². The van der Waals surface area contributed by atoms with Crippen molar-refractivity contribution in [3.8, 4) is 0 Å². The molecule has 0 saturated carbocycles. The summed E-state index contributed by atoms with van der Waals surface area (Å²) in [6.07, 6.45) is 2.34. The number of piperazine rings is 1. The third kappa shape index (κ3) is 11.8. The van der Waals surface area contributed by atoms with Crippen LogP contribution in [0.15, 0.2) is 47.4 Å². The fourth-order valence-electron chi connectivity index (χ4n) is 7.68. The number of aromatic nitrogens is 1. The van der Waals surface area contributed by atoms with Crippen LogP contribution in [-0.2, 0) is 32.2 Å². The van der Waals surface area contributed by atoms with E-state index in [4.69, 9.17) is 9.47 Å². The number of carbonyl (C=O) groups excluding carboxylic acids is 4. The van der Waals surface area contributed by atoms with Crippen LogP contribution in [0.5, 0.6) is 0 Å². The number of nitrogens with zero attached hydrogens (tertiary/aromatic N) is 4. The standard InChI is InChI=1S/C45H61FN6O9/c1-9-49-25-35(42(56)57)39(53)34-23-36(46)38(24-37(34)49)50-18-20-52(21-19-50)43(58)60-26-31-10-12-32(13-11-31)48-41(55)33(29(5)47-40(54)28(4)27(2)3)22-30-14-16-51(17-15-30)44(59)61-45(6,7)8/h10-13,23-25,27-30,33H,9,14-22,26H2,1-8H3,(H,47,54)(H,48,55)(H,56,57). The topological polar surface area (TPSA) is 180 Å². The Balaban J connectivity index is 1.16. The second kappa shape index (κ2) is 19.8. The molecule has 3 atom stereocenters. The monoisotopic (exact) mass is 848 g/mol. The van der Waals surface area contributed by atoms with Crippen LogP contribution < -0.4 is 21.0 Å². The number of benzene rings is 2. The summed E-state index contributed by atoms with van der Waals surface area (Å²) in [4.78, 5) is 82.0. The minimum atomic E-state index is -1.37. The van der Waals surface area contributed by atoms with Gasteiger partial charge in [0.15, 0.2) is 0 Å². The van der Waals surface area contributed by atoms with Gasteiger partial charge in [-0.1, -0.05) is 32.9 Å². The van der Waals surface area contributed by atoms with Gasteiger partial charge in [0.2, 0.25) is 17.2 Å². The van der Waals surface area contributed by atoms with Crippen LogP contribution in [-0.4, -0.2) is 100 Å². The van der Waals surface area contributed by atoms with E-state index in [1.54, 1.807) is 51.6 Å². The van der Waals surface area contributed by atoms with Crippen LogP contribution in [0.25, 0.3) is 10.9 Å². The van der Waals surface area contributed by atoms with Gasteiger partial charge in [-0.25, -0.2) is 18.8 Å². The predicted octanol–water partition coefficient (Wildman–Crippen LogP) is 6.71. The number of hydrogen-bond acceptors (Lipinski definition) is 9. The lowest BCUT2D eigenvalue weighted by molar-refractivity contribution is -0.128. The molecule has 0 radical (unpaired) electrons. The van der Waals surface area contributed by atoms with Crippen molar-refractivity contribution in [1.29, 1.82) is 0 Å². The molecular formula is C45H61FN6O9. The molecule has 2 aliphatic heterocycles. The molecule has 3 N–H and O–H groups in total. The molecule has 1 aromatic heterocycles. The molecule has 61 heavy (non-hydrogen) atoms. The minimum absolute atomic E-state index is 0.0120. The highest BCUT2D eigenvalue weighted by molar-refractivity contribution is 5.94. The maximum atomic E-state index is 15.4. The lowest BCUT2D eigenvalue weighted by Crippen LogP contribution is -2.49. The number of amides is 4. The van der Waals surface area contributed by atoms with Gasteiger partial charge in [-0.3, -0.25) is 14.4 Å². The molecule has 332 valence electrons. The highest BCUT2D eigenvalue weighted by Crippen LogP contribution is 2.30. The number of likely N-dealkylation sites (tertiary alicyclic amines) is 1. The second-order valence-electron chi connectivity index (χ2n) is 17.6. The molecule has 5 rings (SSSR count). The molecule has 2 fully saturated rings. The SMILES string of the molecule is CCn1cc(C(=O)O)c(=O)c2cc(F)c(N3CCN(C(=O)OCc4ccc(NC(=O)C(CC5CCN(C(=O)OC(C)(C)C)CC5)C(C)NC(=O)C(C)C(C)C)cc4)CC3)cc21. The van der Waals surface area contributed by atoms with Crippen LogP contribution in [0, 0.1) is 29.5 Å². The summed E-state index contributed by atoms with van der Waals surface area (Å²) in [5, 5.41) is 15.5. The Morgan fingerprint density at radius 1 is 0.885 bits per heavy atom. The van der Waals surface area contributed by atoms with Crippen molar-refractivity contribution in [1.82, 2.24) is 19.7 Å². The largest absolute Gasteiger partial charge is 0.477 e. The fourth-order valence-corrected chi connectivity index (χ4v) is 7.68. The number of carboxylic acid groups (broad SMARTS) is 1. The van der Waals surface area contributed by atoms with Crippen LogP contribution >= 0.6 is 0 Å². The van der Waals surface area contributed by atoms with Gasteiger partial charge in [0.25, 0.3) is 0 Å². The number of hydrogen-bond donors (Lipinski definition) is 3. The number of rotatable bonds is 13. The molecule has 0 spiro atoms. The Morgan fingerprint density at radius 3 is 2.08 bits per heavy atom. The first-order valence-electron chi connectivity index (χ1n) is 21.2. The van der Waals surface area contributed by atoms with Gasteiger partial charge in [0, 0.05) is 75.0 Å². The van der Waals surface area contributed by atoms with Gasteiger partial charge in [0.05, 0.1) is 17.1 Å². The summed E-state index contributed by atoms with van der Waals surface area (Å²) in [7, 11) is 0. The number of anilines is 2. The number of carboxylic acids is 1. The van der Waals surface area contributed by atoms with Crippen molar-refractivity contribution in [2.45, 2.75) is 99.4 Å². The minimum Gasteiger partial charge on any atom is -0.477 e. The quantitative estimate of drug-likeness (QED) is 0.168. The Hall–Kier alpha value is -5.67. The van der Waals surface area contributed by atoms with E-state index in [1.807, 2.05) is 48.5 Å². The number of fused-ring (bicyclic) bond motifs is 1. The molecule has 2 saturated heterocycles. The number of halogens is 1. The van der Waals surface area contributed by atoms with Crippen molar-refractivity contribution in [2.75, 3.05) is 49.5 Å². The molecule has 0 aliphatic carbocycles. The van der Waals surface area contributed by atoms with Crippen LogP contribution in [0.3, 0.4) is 0 Å². The van der Waals surface area contributed by atoms with E-state index in [2.05, 4.69) is 10.6 Å². The summed E-state index contributed by atoms with van der Waals surface area (Å²) in [5.74, 6) is -2.83. The van der Waals surface area contributed by atoms with Gasteiger partial charge >= 0.3 is 18.2 Å². The van der Waals surface area contributed by atoms with Crippen molar-refractivity contribution in [2.24, 2.45) is 23.7 Å². The van der Waals surface area contributed by atoms with Crippen LogP contribution in [0.1, 0.15) is 90.6 Å². The highest BCUT2D eigenvalue weighted by Gasteiger charge is 2.34. The smallest absolute Gasteiger partial charge is 0.410 e. The van der Waals surface area contributed by atoms with Gasteiger partial charge in [-0.05, 0) is 95.5 Å². The molecule has 2 aromatic carbocycles. The number of carbonyl (C=O) groups is 5. The lowest BCUT2D eigenvalue weighted by atomic mass is 9.83. The molecule has 3 aromatic rings. The Labute approximate surface area is 356 Å². The third-order valence-electron chi connectivity index (χ3n) is 11.8. The lowest BCUT2D eigenvalue weighted by Gasteiger charge is -2.35. The molecule has 2 aliphatic rings. The second-order valence-corrected chi connectivity index (χ2v) is 17.6. The van der Waals surface area contributed by atoms with E-state index in [9.17, 15) is 33.9 Å². The predicted molar refractivity (Wildman–Crippen MR) is 230 cm³/mol. The zero-order valence-electron chi connectivity index (χ0n) is 36.6. The van der Waals surface area contributed by atoms with Crippen molar-refractivity contribution < 1.29 is 42.9 Å². The number of piperidine rings is 1. The molecular weight excluding hydrogens is 788 g/mol. The first kappa shape index (κ1) is 46.4. The zero-order valence-corrected chi connectivity index (χ0v) is 36.6. The Morgan fingerprint density at radius 2 is 1.51 bits per heavy atom. The van der Waals surface area contributed by atoms with E-state index < -0.39 is 46.4 Å². The van der Waals surface area contributed by atoms with Gasteiger partial charge in [-0.2, -0.15) is 0 Å². The Bertz CT molecular complexity index is 2130. The summed E-state index contributed by atoms with van der Waals surface area (Å²) in [6, 6.07) is 9.17.